The number of rotatable bonds is 5. The van der Waals surface area contributed by atoms with Crippen LogP contribution in [0.2, 0.25) is 0 Å². The SMILES string of the molecule is CCC1CC=CC=CC=CC=CC(OC2OC(C)C(O)C(N)C2O)CC2OC(O)(CC(O)CCCC(=O)CC(O)C(CC)C(=O)O1)CC(O)C2C(=O)O. The van der Waals surface area contributed by atoms with E-state index < -0.39 is 110 Å². The number of nitrogens with two attached hydrogens (primary N) is 1. The number of hydrogen-bond acceptors (Lipinski definition) is 14. The third-order valence-electron chi connectivity index (χ3n) is 10.0. The molecule has 2 bridgehead atoms. The maximum Gasteiger partial charge on any atom is 0.311 e. The van der Waals surface area contributed by atoms with Crippen molar-refractivity contribution < 1.29 is 69.1 Å². The Morgan fingerprint density at radius 1 is 0.962 bits per heavy atom. The summed E-state index contributed by atoms with van der Waals surface area (Å²) in [5.41, 5.74) is 5.99. The quantitative estimate of drug-likeness (QED) is 0.184. The van der Waals surface area contributed by atoms with Crippen LogP contribution in [0.3, 0.4) is 0 Å². The van der Waals surface area contributed by atoms with Gasteiger partial charge >= 0.3 is 11.9 Å². The molecule has 53 heavy (non-hydrogen) atoms. The van der Waals surface area contributed by atoms with E-state index in [0.717, 1.165) is 0 Å². The number of cyclic esters (lactones) is 1. The topological polar surface area (TPSA) is 256 Å². The molecule has 0 saturated carbocycles. The third-order valence-corrected chi connectivity index (χ3v) is 10.0. The van der Waals surface area contributed by atoms with Gasteiger partial charge in [0.05, 0.1) is 54.7 Å². The number of aliphatic carboxylic acids is 1. The first-order valence-corrected chi connectivity index (χ1v) is 18.6. The molecule has 14 atom stereocenters. The molecule has 15 nitrogen and oxygen atoms in total. The molecular formula is C38H59NO14. The van der Waals surface area contributed by atoms with Gasteiger partial charge < -0.3 is 60.4 Å². The van der Waals surface area contributed by atoms with Crippen LogP contribution in [0.25, 0.3) is 0 Å². The molecule has 0 aromatic heterocycles. The lowest BCUT2D eigenvalue weighted by Gasteiger charge is -2.45. The van der Waals surface area contributed by atoms with Gasteiger partial charge in [-0.15, -0.1) is 0 Å². The number of ketones is 1. The Kier molecular flexibility index (Phi) is 17.9. The second kappa shape index (κ2) is 21.3. The zero-order valence-corrected chi connectivity index (χ0v) is 30.8. The summed E-state index contributed by atoms with van der Waals surface area (Å²) in [4.78, 5) is 38.0. The van der Waals surface area contributed by atoms with E-state index in [4.69, 9.17) is 24.7 Å². The van der Waals surface area contributed by atoms with E-state index in [0.29, 0.717) is 12.8 Å². The van der Waals surface area contributed by atoms with Gasteiger partial charge in [-0.2, -0.15) is 0 Å². The van der Waals surface area contributed by atoms with Crippen LogP contribution in [0, 0.1) is 11.8 Å². The molecule has 2 saturated heterocycles. The summed E-state index contributed by atoms with van der Waals surface area (Å²) in [6, 6.07) is -1.10. The van der Waals surface area contributed by atoms with Gasteiger partial charge in [0, 0.05) is 38.5 Å². The van der Waals surface area contributed by atoms with E-state index in [1.807, 2.05) is 13.0 Å². The summed E-state index contributed by atoms with van der Waals surface area (Å²) in [6.07, 6.45) is 2.05. The second-order valence-electron chi connectivity index (χ2n) is 14.3. The van der Waals surface area contributed by atoms with Crippen LogP contribution < -0.4 is 5.73 Å². The molecule has 14 unspecified atom stereocenters. The number of Topliss-reactive ketones (excluding diaryl/α,β-unsaturated/α-hetero) is 1. The Balaban J connectivity index is 1.90. The highest BCUT2D eigenvalue weighted by atomic mass is 16.7. The average Bonchev–Trinajstić information content (AvgIpc) is 3.07. The lowest BCUT2D eigenvalue weighted by atomic mass is 9.83. The van der Waals surface area contributed by atoms with Crippen molar-refractivity contribution in [1.29, 1.82) is 0 Å². The number of esters is 1. The van der Waals surface area contributed by atoms with Gasteiger partial charge in [0.2, 0.25) is 0 Å². The highest BCUT2D eigenvalue weighted by molar-refractivity contribution is 5.80. The van der Waals surface area contributed by atoms with E-state index >= 15 is 0 Å². The number of carbonyl (C=O) groups excluding carboxylic acids is 2. The number of aliphatic hydroxyl groups excluding tert-OH is 5. The Hall–Kier alpha value is -2.83. The van der Waals surface area contributed by atoms with Gasteiger partial charge in [-0.25, -0.2) is 0 Å². The predicted molar refractivity (Wildman–Crippen MR) is 191 cm³/mol. The van der Waals surface area contributed by atoms with Crippen LogP contribution >= 0.6 is 0 Å². The molecule has 3 aliphatic heterocycles. The number of carboxylic acid groups (broad SMARTS) is 1. The number of ether oxygens (including phenoxy) is 4. The number of carboxylic acids is 1. The summed E-state index contributed by atoms with van der Waals surface area (Å²) in [5.74, 6) is -6.82. The molecule has 9 N–H and O–H groups in total. The van der Waals surface area contributed by atoms with Crippen molar-refractivity contribution in [3.05, 3.63) is 48.6 Å². The van der Waals surface area contributed by atoms with Gasteiger partial charge in [-0.05, 0) is 32.6 Å². The fraction of sp³-hybridized carbons (Fsp3) is 0.711. The molecule has 0 spiro atoms. The van der Waals surface area contributed by atoms with E-state index in [1.54, 1.807) is 56.4 Å². The van der Waals surface area contributed by atoms with E-state index in [9.17, 15) is 50.1 Å². The molecule has 2 fully saturated rings. The summed E-state index contributed by atoms with van der Waals surface area (Å²) in [6.45, 7) is 5.16. The van der Waals surface area contributed by atoms with Crippen molar-refractivity contribution in [2.45, 2.75) is 158 Å². The molecule has 0 aromatic rings. The van der Waals surface area contributed by atoms with Crippen molar-refractivity contribution in [2.24, 2.45) is 17.6 Å². The number of carbonyl (C=O) groups is 3. The van der Waals surface area contributed by atoms with Gasteiger partial charge in [0.15, 0.2) is 12.1 Å². The van der Waals surface area contributed by atoms with Crippen molar-refractivity contribution in [3.63, 3.8) is 0 Å². The van der Waals surface area contributed by atoms with Crippen LogP contribution in [0.1, 0.15) is 85.0 Å². The Morgan fingerprint density at radius 2 is 1.64 bits per heavy atom. The monoisotopic (exact) mass is 753 g/mol. The fourth-order valence-electron chi connectivity index (χ4n) is 6.90. The van der Waals surface area contributed by atoms with Crippen molar-refractivity contribution in [1.82, 2.24) is 0 Å². The van der Waals surface area contributed by atoms with Crippen molar-refractivity contribution in [2.75, 3.05) is 0 Å². The van der Waals surface area contributed by atoms with E-state index in [2.05, 4.69) is 0 Å². The molecule has 0 aromatic carbocycles. The molecule has 300 valence electrons. The molecule has 15 heteroatoms. The average molecular weight is 754 g/mol. The fourth-order valence-corrected chi connectivity index (χ4v) is 6.90. The standard InChI is InChI=1S/C38H59NO14/c1-4-25-16-11-9-7-6-8-10-12-17-26(52-37-34(45)32(39)33(44)22(3)50-37)19-30-31(35(46)47)29(43)21-38(49,53-30)20-24(41)15-13-14-23(40)18-28(42)27(5-2)36(48)51-25/h6-12,17,22,24-34,37,41-45,49H,4-5,13-16,18-21,39H2,1-3H3,(H,46,47). The molecule has 0 aliphatic carbocycles. The predicted octanol–water partition coefficient (Wildman–Crippen LogP) is 1.31. The molecular weight excluding hydrogens is 694 g/mol. The summed E-state index contributed by atoms with van der Waals surface area (Å²) in [5, 5.41) is 75.0. The highest BCUT2D eigenvalue weighted by Gasteiger charge is 2.50. The van der Waals surface area contributed by atoms with Crippen LogP contribution in [0.15, 0.2) is 48.6 Å². The first kappa shape index (κ1) is 44.6. The van der Waals surface area contributed by atoms with Gasteiger partial charge in [0.25, 0.3) is 0 Å². The van der Waals surface area contributed by atoms with E-state index in [1.165, 1.54) is 0 Å². The maximum atomic E-state index is 12.9. The minimum atomic E-state index is -2.15. The third kappa shape index (κ3) is 13.5. The Morgan fingerprint density at radius 3 is 2.30 bits per heavy atom. The van der Waals surface area contributed by atoms with Gasteiger partial charge in [-0.1, -0.05) is 62.5 Å². The van der Waals surface area contributed by atoms with Gasteiger partial charge in [0.1, 0.15) is 23.9 Å². The van der Waals surface area contributed by atoms with Crippen LogP contribution in [0.4, 0.5) is 0 Å². The number of aliphatic hydroxyl groups is 6. The molecule has 0 radical (unpaired) electrons. The zero-order chi connectivity index (χ0) is 39.3. The van der Waals surface area contributed by atoms with Crippen LogP contribution in [-0.2, 0) is 33.3 Å². The van der Waals surface area contributed by atoms with E-state index in [-0.39, 0.29) is 44.3 Å². The van der Waals surface area contributed by atoms with Crippen LogP contribution in [-0.4, -0.2) is 127 Å². The Bertz CT molecular complexity index is 1300. The highest BCUT2D eigenvalue weighted by Crippen LogP contribution is 2.38. The van der Waals surface area contributed by atoms with Crippen LogP contribution in [0.5, 0.6) is 0 Å². The molecule has 0 amide bonds. The number of hydrogen-bond donors (Lipinski definition) is 8. The lowest BCUT2D eigenvalue weighted by Crippen LogP contribution is -2.61. The summed E-state index contributed by atoms with van der Waals surface area (Å²) in [7, 11) is 0. The summed E-state index contributed by atoms with van der Waals surface area (Å²) < 4.78 is 23.3. The molecule has 3 heterocycles. The first-order chi connectivity index (χ1) is 25.1. The zero-order valence-electron chi connectivity index (χ0n) is 30.8. The van der Waals surface area contributed by atoms with Crippen molar-refractivity contribution >= 4 is 17.7 Å². The summed E-state index contributed by atoms with van der Waals surface area (Å²) >= 11 is 0. The smallest absolute Gasteiger partial charge is 0.311 e. The largest absolute Gasteiger partial charge is 0.481 e. The van der Waals surface area contributed by atoms with Crippen molar-refractivity contribution in [3.8, 4) is 0 Å². The number of allylic oxidation sites excluding steroid dienone is 6. The lowest BCUT2D eigenvalue weighted by molar-refractivity contribution is -0.308. The Labute approximate surface area is 310 Å². The second-order valence-corrected chi connectivity index (χ2v) is 14.3. The minimum Gasteiger partial charge on any atom is -0.481 e. The normalized spacial score (nSPS) is 40.5. The minimum absolute atomic E-state index is 0.0185. The maximum absolute atomic E-state index is 12.9. The molecule has 3 rings (SSSR count). The molecule has 3 aliphatic rings. The number of fused-ring (bicyclic) bond motifs is 2. The first-order valence-electron chi connectivity index (χ1n) is 18.6. The van der Waals surface area contributed by atoms with Gasteiger partial charge in [-0.3, -0.25) is 14.4 Å².